The Morgan fingerprint density at radius 1 is 1.40 bits per heavy atom. The van der Waals surface area contributed by atoms with Crippen molar-refractivity contribution in [3.05, 3.63) is 35.2 Å². The lowest BCUT2D eigenvalue weighted by atomic mass is 10.1. The van der Waals surface area contributed by atoms with Gasteiger partial charge in [0.1, 0.15) is 5.82 Å². The molecule has 2 aromatic rings. The molecule has 2 rings (SSSR count). The number of carboxylic acid groups (broad SMARTS) is 1. The number of nitrogens with one attached hydrogen (secondary N) is 2. The third-order valence-corrected chi connectivity index (χ3v) is 3.52. The molecule has 0 atom stereocenters. The number of hydrogen-bond donors (Lipinski definition) is 3. The largest absolute Gasteiger partial charge is 0.483 e. The lowest BCUT2D eigenvalue weighted by molar-refractivity contribution is -0.123. The summed E-state index contributed by atoms with van der Waals surface area (Å²) >= 11 is 0. The molecule has 3 N–H and O–H groups in total. The van der Waals surface area contributed by atoms with Crippen molar-refractivity contribution in [3.8, 4) is 0 Å². The quantitative estimate of drug-likeness (QED) is 0.502. The molecule has 0 saturated heterocycles. The molecule has 0 aliphatic heterocycles. The Morgan fingerprint density at radius 2 is 2.08 bits per heavy atom. The van der Waals surface area contributed by atoms with Crippen molar-refractivity contribution in [1.82, 2.24) is 25.1 Å². The van der Waals surface area contributed by atoms with Crippen LogP contribution >= 0.6 is 0 Å². The van der Waals surface area contributed by atoms with Gasteiger partial charge in [-0.3, -0.25) is 19.1 Å². The number of aromatic nitrogens is 4. The van der Waals surface area contributed by atoms with Crippen molar-refractivity contribution in [2.24, 2.45) is 0 Å². The Labute approximate surface area is 145 Å². The van der Waals surface area contributed by atoms with Crippen molar-refractivity contribution >= 4 is 18.2 Å². The smallest absolute Gasteiger partial charge is 0.290 e. The van der Waals surface area contributed by atoms with Gasteiger partial charge in [0.15, 0.2) is 5.78 Å². The number of aryl methyl sites for hydroxylation is 2. The molecule has 0 aromatic carbocycles. The number of ketones is 1. The highest BCUT2D eigenvalue weighted by Gasteiger charge is 2.15. The van der Waals surface area contributed by atoms with Crippen molar-refractivity contribution in [1.29, 1.82) is 0 Å². The van der Waals surface area contributed by atoms with E-state index in [0.29, 0.717) is 37.2 Å². The predicted molar refractivity (Wildman–Crippen MR) is 90.3 cm³/mol. The fourth-order valence-electron chi connectivity index (χ4n) is 2.47. The van der Waals surface area contributed by atoms with E-state index in [1.54, 1.807) is 17.1 Å². The minimum absolute atomic E-state index is 0.00384. The highest BCUT2D eigenvalue weighted by Crippen LogP contribution is 2.13. The molecule has 9 nitrogen and oxygen atoms in total. The zero-order valence-corrected chi connectivity index (χ0v) is 14.6. The fraction of sp³-hybridized carbons (Fsp3) is 0.438. The summed E-state index contributed by atoms with van der Waals surface area (Å²) in [4.78, 5) is 38.8. The van der Waals surface area contributed by atoms with Crippen LogP contribution in [0, 0.1) is 13.8 Å². The molecule has 9 heteroatoms. The maximum Gasteiger partial charge on any atom is 0.290 e. The van der Waals surface area contributed by atoms with E-state index in [1.807, 2.05) is 13.8 Å². The van der Waals surface area contributed by atoms with Crippen LogP contribution in [-0.2, 0) is 22.6 Å². The van der Waals surface area contributed by atoms with Gasteiger partial charge < -0.3 is 15.4 Å². The van der Waals surface area contributed by atoms with Gasteiger partial charge in [-0.25, -0.2) is 4.98 Å². The Balaban J connectivity index is 0.000000970. The monoisotopic (exact) mass is 349 g/mol. The summed E-state index contributed by atoms with van der Waals surface area (Å²) in [5, 5.41) is 14.1. The van der Waals surface area contributed by atoms with Gasteiger partial charge in [-0.2, -0.15) is 5.10 Å². The van der Waals surface area contributed by atoms with Gasteiger partial charge in [0.25, 0.3) is 6.47 Å². The van der Waals surface area contributed by atoms with Crippen molar-refractivity contribution in [2.75, 3.05) is 6.54 Å². The summed E-state index contributed by atoms with van der Waals surface area (Å²) in [6, 6.07) is 0. The minimum Gasteiger partial charge on any atom is -0.483 e. The summed E-state index contributed by atoms with van der Waals surface area (Å²) in [6.07, 6.45) is 4.45. The molecule has 2 aromatic heterocycles. The van der Waals surface area contributed by atoms with E-state index in [4.69, 9.17) is 9.90 Å². The van der Waals surface area contributed by atoms with Crippen LogP contribution in [0.2, 0.25) is 0 Å². The maximum absolute atomic E-state index is 11.8. The zero-order chi connectivity index (χ0) is 18.8. The van der Waals surface area contributed by atoms with E-state index in [2.05, 4.69) is 20.4 Å². The first-order valence-corrected chi connectivity index (χ1v) is 7.78. The topological polar surface area (TPSA) is 130 Å². The number of rotatable bonds is 7. The lowest BCUT2D eigenvalue weighted by Crippen LogP contribution is -2.27. The maximum atomic E-state index is 11.8. The number of amides is 1. The second-order valence-electron chi connectivity index (χ2n) is 5.32. The Hall–Kier alpha value is -2.97. The van der Waals surface area contributed by atoms with Crippen LogP contribution in [0.5, 0.6) is 0 Å². The lowest BCUT2D eigenvalue weighted by Gasteiger charge is -2.06. The summed E-state index contributed by atoms with van der Waals surface area (Å²) in [7, 11) is 0. The summed E-state index contributed by atoms with van der Waals surface area (Å²) in [5.41, 5.74) is 2.18. The van der Waals surface area contributed by atoms with Gasteiger partial charge in [0.05, 0.1) is 11.3 Å². The Kier molecular flexibility index (Phi) is 8.04. The molecule has 0 saturated carbocycles. The van der Waals surface area contributed by atoms with E-state index >= 15 is 0 Å². The molecule has 0 radical (unpaired) electrons. The number of hydrogen-bond acceptors (Lipinski definition) is 5. The molecule has 0 aliphatic carbocycles. The van der Waals surface area contributed by atoms with Crippen molar-refractivity contribution in [2.45, 2.75) is 40.2 Å². The van der Waals surface area contributed by atoms with Gasteiger partial charge >= 0.3 is 0 Å². The predicted octanol–water partition coefficient (Wildman–Crippen LogP) is 0.875. The molecule has 0 unspecified atom stereocenters. The van der Waals surface area contributed by atoms with Gasteiger partial charge in [-0.05, 0) is 20.8 Å². The van der Waals surface area contributed by atoms with Crippen LogP contribution in [0.1, 0.15) is 40.9 Å². The highest BCUT2D eigenvalue weighted by atomic mass is 16.3. The van der Waals surface area contributed by atoms with Crippen molar-refractivity contribution in [3.63, 3.8) is 0 Å². The van der Waals surface area contributed by atoms with Crippen LogP contribution < -0.4 is 5.32 Å². The van der Waals surface area contributed by atoms with Crippen LogP contribution in [-0.4, -0.2) is 49.6 Å². The Morgan fingerprint density at radius 3 is 2.60 bits per heavy atom. The van der Waals surface area contributed by atoms with E-state index in [1.165, 1.54) is 6.92 Å². The summed E-state index contributed by atoms with van der Waals surface area (Å²) in [6.45, 7) is 5.95. The molecule has 25 heavy (non-hydrogen) atoms. The first-order chi connectivity index (χ1) is 11.9. The highest BCUT2D eigenvalue weighted by molar-refractivity contribution is 5.96. The molecule has 0 aliphatic rings. The molecular weight excluding hydrogens is 326 g/mol. The second-order valence-corrected chi connectivity index (χ2v) is 5.32. The van der Waals surface area contributed by atoms with Crippen LogP contribution in [0.25, 0.3) is 0 Å². The number of aromatic amines is 1. The number of H-pyrrole nitrogens is 1. The average molecular weight is 349 g/mol. The summed E-state index contributed by atoms with van der Waals surface area (Å²) in [5.74, 6) is 0.817. The van der Waals surface area contributed by atoms with Crippen LogP contribution in [0.15, 0.2) is 12.4 Å². The van der Waals surface area contributed by atoms with E-state index in [-0.39, 0.29) is 18.2 Å². The van der Waals surface area contributed by atoms with Crippen LogP contribution in [0.3, 0.4) is 0 Å². The van der Waals surface area contributed by atoms with Gasteiger partial charge in [0.2, 0.25) is 5.91 Å². The average Bonchev–Trinajstić information content (AvgIpc) is 3.14. The fourth-order valence-corrected chi connectivity index (χ4v) is 2.47. The minimum atomic E-state index is -0.250. The molecule has 136 valence electrons. The van der Waals surface area contributed by atoms with Gasteiger partial charge in [-0.15, -0.1) is 0 Å². The first kappa shape index (κ1) is 20.1. The molecular formula is C16H23N5O4. The normalized spacial score (nSPS) is 9.88. The molecule has 0 bridgehead atoms. The van der Waals surface area contributed by atoms with E-state index in [9.17, 15) is 9.59 Å². The number of nitrogens with zero attached hydrogens (tertiary/aromatic N) is 3. The molecule has 1 amide bonds. The van der Waals surface area contributed by atoms with Crippen LogP contribution in [0.4, 0.5) is 0 Å². The van der Waals surface area contributed by atoms with Gasteiger partial charge in [-0.1, -0.05) is 0 Å². The molecule has 2 heterocycles. The zero-order valence-electron chi connectivity index (χ0n) is 14.6. The third-order valence-electron chi connectivity index (χ3n) is 3.52. The second kappa shape index (κ2) is 10.0. The summed E-state index contributed by atoms with van der Waals surface area (Å²) < 4.78 is 1.72. The third kappa shape index (κ3) is 6.21. The van der Waals surface area contributed by atoms with Crippen molar-refractivity contribution < 1.29 is 19.5 Å². The number of imidazole rings is 1. The Bertz CT molecular complexity index is 706. The number of carbonyl (C=O) groups excluding carboxylic acids is 2. The standard InChI is InChI=1S/C15H21N5O2.CH2O2/c1-10-15(12(3)21)11(2)20(19-10)9-5-14(22)18-6-4-13-16-7-8-17-13;2-1-3/h7-8H,4-6,9H2,1-3H3,(H,16,17)(H,18,22);1H,(H,2,3). The first-order valence-electron chi connectivity index (χ1n) is 7.78. The molecule has 0 fully saturated rings. The van der Waals surface area contributed by atoms with E-state index < -0.39 is 0 Å². The molecule has 0 spiro atoms. The SMILES string of the molecule is CC(=O)c1c(C)nn(CCC(=O)NCCc2ncc[nH]2)c1C.O=CO. The number of Topliss-reactive ketones (excluding diaryl/α,β-unsaturated/α-hetero) is 1. The van der Waals surface area contributed by atoms with E-state index in [0.717, 1.165) is 11.5 Å². The number of carbonyl (C=O) groups is 3. The van der Waals surface area contributed by atoms with Gasteiger partial charge in [0, 0.05) is 44.0 Å².